The van der Waals surface area contributed by atoms with E-state index in [4.69, 9.17) is 9.26 Å². The highest BCUT2D eigenvalue weighted by atomic mass is 32.2. The smallest absolute Gasteiger partial charge is 0.335 e. The van der Waals surface area contributed by atoms with Gasteiger partial charge >= 0.3 is 6.03 Å². The van der Waals surface area contributed by atoms with Gasteiger partial charge in [0.15, 0.2) is 0 Å². The lowest BCUT2D eigenvalue weighted by molar-refractivity contribution is 0.255. The number of rotatable bonds is 5. The zero-order chi connectivity index (χ0) is 19.4. The number of amides is 2. The van der Waals surface area contributed by atoms with Gasteiger partial charge < -0.3 is 9.26 Å². The molecule has 140 valence electrons. The minimum atomic E-state index is -4.01. The van der Waals surface area contributed by atoms with Gasteiger partial charge in [0.2, 0.25) is 5.88 Å². The van der Waals surface area contributed by atoms with Crippen LogP contribution in [0.1, 0.15) is 5.56 Å². The first-order valence-corrected chi connectivity index (χ1v) is 9.37. The zero-order valence-corrected chi connectivity index (χ0v) is 15.4. The molecule has 3 rings (SSSR count). The van der Waals surface area contributed by atoms with E-state index in [1.54, 1.807) is 43.5 Å². The topological polar surface area (TPSA) is 111 Å². The summed E-state index contributed by atoms with van der Waals surface area (Å²) in [6, 6.07) is 12.2. The molecule has 0 bridgehead atoms. The summed E-state index contributed by atoms with van der Waals surface area (Å²) in [4.78, 5) is 12.1. The largest absolute Gasteiger partial charge is 0.497 e. The van der Waals surface area contributed by atoms with Gasteiger partial charge in [-0.15, -0.1) is 0 Å². The predicted octanol–water partition coefficient (Wildman–Crippen LogP) is 3.17. The average Bonchev–Trinajstić information content (AvgIpc) is 3.09. The highest BCUT2D eigenvalue weighted by molar-refractivity contribution is 7.90. The number of anilines is 1. The quantitative estimate of drug-likeness (QED) is 0.696. The fourth-order valence-corrected chi connectivity index (χ4v) is 3.24. The van der Waals surface area contributed by atoms with E-state index < -0.39 is 16.1 Å². The number of sulfonamides is 1. The number of hydrogen-bond acceptors (Lipinski definition) is 6. The molecule has 0 saturated carbocycles. The van der Waals surface area contributed by atoms with Crippen LogP contribution in [0, 0.1) is 6.92 Å². The summed E-state index contributed by atoms with van der Waals surface area (Å²) in [7, 11) is -2.45. The van der Waals surface area contributed by atoms with Crippen molar-refractivity contribution in [1.29, 1.82) is 0 Å². The van der Waals surface area contributed by atoms with Crippen LogP contribution in [0.3, 0.4) is 0 Å². The first-order valence-electron chi connectivity index (χ1n) is 7.88. The van der Waals surface area contributed by atoms with Crippen LogP contribution in [0.15, 0.2) is 64.1 Å². The Kier molecular flexibility index (Phi) is 5.13. The Morgan fingerprint density at radius 1 is 1.07 bits per heavy atom. The number of aryl methyl sites for hydroxylation is 1. The van der Waals surface area contributed by atoms with Gasteiger partial charge in [0.05, 0.1) is 23.8 Å². The third kappa shape index (κ3) is 4.26. The molecule has 9 heteroatoms. The van der Waals surface area contributed by atoms with Crippen LogP contribution >= 0.6 is 0 Å². The van der Waals surface area contributed by atoms with Crippen LogP contribution in [0.4, 0.5) is 10.7 Å². The molecule has 2 amide bonds. The third-order valence-corrected chi connectivity index (χ3v) is 5.10. The molecule has 27 heavy (non-hydrogen) atoms. The average molecular weight is 387 g/mol. The Morgan fingerprint density at radius 2 is 1.74 bits per heavy atom. The SMILES string of the molecule is COc1ccc(-c2cnoc2NC(=O)NS(=O)(=O)c2ccc(C)cc2)cc1. The number of methoxy groups -OCH3 is 1. The number of ether oxygens (including phenoxy) is 1. The molecule has 8 nitrogen and oxygen atoms in total. The number of aromatic nitrogens is 1. The number of urea groups is 1. The molecule has 1 aromatic heterocycles. The van der Waals surface area contributed by atoms with Crippen LogP contribution in [0.2, 0.25) is 0 Å². The van der Waals surface area contributed by atoms with Crippen molar-refractivity contribution >= 4 is 21.9 Å². The maximum atomic E-state index is 12.3. The maximum absolute atomic E-state index is 12.3. The van der Waals surface area contributed by atoms with E-state index in [9.17, 15) is 13.2 Å². The van der Waals surface area contributed by atoms with Crippen LogP contribution in [-0.2, 0) is 10.0 Å². The summed E-state index contributed by atoms with van der Waals surface area (Å²) in [6.07, 6.45) is 1.42. The first-order chi connectivity index (χ1) is 12.9. The van der Waals surface area contributed by atoms with Crippen molar-refractivity contribution < 1.29 is 22.5 Å². The lowest BCUT2D eigenvalue weighted by atomic mass is 10.1. The highest BCUT2D eigenvalue weighted by Gasteiger charge is 2.20. The van der Waals surface area contributed by atoms with Crippen molar-refractivity contribution in [2.24, 2.45) is 0 Å². The van der Waals surface area contributed by atoms with Gasteiger partial charge in [-0.2, -0.15) is 0 Å². The molecule has 0 spiro atoms. The second-order valence-electron chi connectivity index (χ2n) is 5.67. The number of carbonyl (C=O) groups is 1. The van der Waals surface area contributed by atoms with Crippen LogP contribution in [0.25, 0.3) is 11.1 Å². The first kappa shape index (κ1) is 18.5. The van der Waals surface area contributed by atoms with Gasteiger partial charge in [-0.25, -0.2) is 17.9 Å². The minimum Gasteiger partial charge on any atom is -0.497 e. The molecule has 2 aromatic carbocycles. The van der Waals surface area contributed by atoms with Crippen molar-refractivity contribution in [3.63, 3.8) is 0 Å². The normalized spacial score (nSPS) is 11.0. The van der Waals surface area contributed by atoms with Crippen LogP contribution < -0.4 is 14.8 Å². The molecule has 3 aromatic rings. The Labute approximate surface area is 156 Å². The molecule has 0 saturated heterocycles. The molecule has 0 fully saturated rings. The van der Waals surface area contributed by atoms with E-state index >= 15 is 0 Å². The summed E-state index contributed by atoms with van der Waals surface area (Å²) < 4.78 is 36.6. The number of nitrogens with zero attached hydrogens (tertiary/aromatic N) is 1. The molecule has 0 aliphatic carbocycles. The molecule has 0 radical (unpaired) electrons. The van der Waals surface area contributed by atoms with E-state index in [1.165, 1.54) is 18.3 Å². The van der Waals surface area contributed by atoms with Crippen LogP contribution in [0.5, 0.6) is 5.75 Å². The van der Waals surface area contributed by atoms with Crippen molar-refractivity contribution in [1.82, 2.24) is 9.88 Å². The van der Waals surface area contributed by atoms with E-state index in [0.29, 0.717) is 16.9 Å². The van der Waals surface area contributed by atoms with Crippen LogP contribution in [-0.4, -0.2) is 26.7 Å². The number of carbonyl (C=O) groups excluding carboxylic acids is 1. The third-order valence-electron chi connectivity index (χ3n) is 3.76. The minimum absolute atomic E-state index is 0.0174. The second-order valence-corrected chi connectivity index (χ2v) is 7.35. The number of hydrogen-bond donors (Lipinski definition) is 2. The van der Waals surface area contributed by atoms with E-state index in [-0.39, 0.29) is 10.8 Å². The standard InChI is InChI=1S/C18H17N3O5S/c1-12-3-9-15(10-4-12)27(23,24)21-18(22)20-17-16(11-19-26-17)13-5-7-14(25-2)8-6-13/h3-11H,1-2H3,(H2,20,21,22). The van der Waals surface area contributed by atoms with Gasteiger partial charge in [0.25, 0.3) is 10.0 Å². The van der Waals surface area contributed by atoms with Crippen molar-refractivity contribution in [3.05, 3.63) is 60.3 Å². The number of nitrogens with one attached hydrogen (secondary N) is 2. The van der Waals surface area contributed by atoms with Gasteiger partial charge in [-0.3, -0.25) is 5.32 Å². The summed E-state index contributed by atoms with van der Waals surface area (Å²) in [5, 5.41) is 6.03. The molecule has 1 heterocycles. The molecule has 0 atom stereocenters. The summed E-state index contributed by atoms with van der Waals surface area (Å²) in [5.41, 5.74) is 2.12. The molecule has 0 aliphatic heterocycles. The molecule has 0 unspecified atom stereocenters. The Bertz CT molecular complexity index is 1040. The second kappa shape index (κ2) is 7.50. The fourth-order valence-electron chi connectivity index (χ4n) is 2.33. The summed E-state index contributed by atoms with van der Waals surface area (Å²) in [5.74, 6) is 0.698. The monoisotopic (exact) mass is 387 g/mol. The van der Waals surface area contributed by atoms with Crippen molar-refractivity contribution in [2.75, 3.05) is 12.4 Å². The van der Waals surface area contributed by atoms with Crippen molar-refractivity contribution in [3.8, 4) is 16.9 Å². The summed E-state index contributed by atoms with van der Waals surface area (Å²) in [6.45, 7) is 1.83. The van der Waals surface area contributed by atoms with E-state index in [2.05, 4.69) is 10.5 Å². The van der Waals surface area contributed by atoms with Gasteiger partial charge in [0.1, 0.15) is 5.75 Å². The van der Waals surface area contributed by atoms with Gasteiger partial charge in [0, 0.05) is 0 Å². The number of benzene rings is 2. The van der Waals surface area contributed by atoms with Gasteiger partial charge in [-0.05, 0) is 36.8 Å². The molecular formula is C18H17N3O5S. The Hall–Kier alpha value is -3.33. The predicted molar refractivity (Wildman–Crippen MR) is 99.0 cm³/mol. The lowest BCUT2D eigenvalue weighted by Crippen LogP contribution is -2.34. The Balaban J connectivity index is 1.75. The molecule has 0 aliphatic rings. The zero-order valence-electron chi connectivity index (χ0n) is 14.6. The molecule has 2 N–H and O–H groups in total. The maximum Gasteiger partial charge on any atom is 0.335 e. The highest BCUT2D eigenvalue weighted by Crippen LogP contribution is 2.29. The fraction of sp³-hybridized carbons (Fsp3) is 0.111. The van der Waals surface area contributed by atoms with E-state index in [1.807, 2.05) is 11.6 Å². The summed E-state index contributed by atoms with van der Waals surface area (Å²) >= 11 is 0. The van der Waals surface area contributed by atoms with Crippen molar-refractivity contribution in [2.45, 2.75) is 11.8 Å². The Morgan fingerprint density at radius 3 is 2.37 bits per heavy atom. The van der Waals surface area contributed by atoms with E-state index in [0.717, 1.165) is 5.56 Å². The van der Waals surface area contributed by atoms with Gasteiger partial charge in [-0.1, -0.05) is 35.0 Å². The lowest BCUT2D eigenvalue weighted by Gasteiger charge is -2.08. The molecular weight excluding hydrogens is 370 g/mol.